The van der Waals surface area contributed by atoms with Crippen molar-refractivity contribution in [3.05, 3.63) is 65.7 Å². The molecule has 21 heavy (non-hydrogen) atoms. The Balaban J connectivity index is 1.85. The third-order valence-corrected chi connectivity index (χ3v) is 2.96. The molecule has 0 unspecified atom stereocenters. The average Bonchev–Trinajstić information content (AvgIpc) is 2.54. The standard InChI is InChI=1S/C17H16O4/c1-20-15-9-7-14(8-10-15)16(18)11-17(19)21-12-13-5-3-2-4-6-13/h2-10H,11-12H2,1H3. The number of Topliss-reactive ketones (excluding diaryl/α,β-unsaturated/α-hetero) is 1. The summed E-state index contributed by atoms with van der Waals surface area (Å²) in [7, 11) is 1.55. The van der Waals surface area contributed by atoms with Crippen LogP contribution >= 0.6 is 0 Å². The van der Waals surface area contributed by atoms with Crippen LogP contribution in [0.5, 0.6) is 5.75 Å². The largest absolute Gasteiger partial charge is 0.497 e. The van der Waals surface area contributed by atoms with Crippen LogP contribution in [0.25, 0.3) is 0 Å². The Morgan fingerprint density at radius 2 is 1.62 bits per heavy atom. The second-order valence-corrected chi connectivity index (χ2v) is 4.47. The first-order chi connectivity index (χ1) is 10.2. The van der Waals surface area contributed by atoms with Crippen molar-refractivity contribution in [1.82, 2.24) is 0 Å². The summed E-state index contributed by atoms with van der Waals surface area (Å²) < 4.78 is 10.1. The highest BCUT2D eigenvalue weighted by atomic mass is 16.5. The van der Waals surface area contributed by atoms with Crippen LogP contribution in [-0.4, -0.2) is 18.9 Å². The molecule has 4 heteroatoms. The maximum absolute atomic E-state index is 11.9. The topological polar surface area (TPSA) is 52.6 Å². The summed E-state index contributed by atoms with van der Waals surface area (Å²) in [6.07, 6.45) is -0.265. The van der Waals surface area contributed by atoms with Crippen LogP contribution in [0.1, 0.15) is 22.3 Å². The van der Waals surface area contributed by atoms with E-state index in [0.29, 0.717) is 11.3 Å². The van der Waals surface area contributed by atoms with E-state index in [-0.39, 0.29) is 18.8 Å². The molecule has 108 valence electrons. The molecule has 0 aliphatic carbocycles. The van der Waals surface area contributed by atoms with Gasteiger partial charge in [-0.25, -0.2) is 0 Å². The first kappa shape index (κ1) is 14.8. The van der Waals surface area contributed by atoms with Gasteiger partial charge in [0.1, 0.15) is 18.8 Å². The molecule has 0 saturated heterocycles. The molecular formula is C17H16O4. The van der Waals surface area contributed by atoms with E-state index in [0.717, 1.165) is 5.56 Å². The fraction of sp³-hybridized carbons (Fsp3) is 0.176. The second-order valence-electron chi connectivity index (χ2n) is 4.47. The van der Waals surface area contributed by atoms with E-state index >= 15 is 0 Å². The third kappa shape index (κ3) is 4.45. The minimum atomic E-state index is -0.528. The molecule has 4 nitrogen and oxygen atoms in total. The summed E-state index contributed by atoms with van der Waals surface area (Å²) in [6, 6.07) is 16.0. The molecular weight excluding hydrogens is 268 g/mol. The van der Waals surface area contributed by atoms with Gasteiger partial charge >= 0.3 is 5.97 Å². The van der Waals surface area contributed by atoms with E-state index in [2.05, 4.69) is 0 Å². The van der Waals surface area contributed by atoms with Crippen molar-refractivity contribution in [3.8, 4) is 5.75 Å². The number of benzene rings is 2. The van der Waals surface area contributed by atoms with Crippen LogP contribution in [0.3, 0.4) is 0 Å². The van der Waals surface area contributed by atoms with E-state index in [9.17, 15) is 9.59 Å². The van der Waals surface area contributed by atoms with Gasteiger partial charge in [-0.2, -0.15) is 0 Å². The van der Waals surface area contributed by atoms with Gasteiger partial charge in [0.2, 0.25) is 0 Å². The minimum absolute atomic E-state index is 0.176. The molecule has 0 radical (unpaired) electrons. The smallest absolute Gasteiger partial charge is 0.314 e. The number of ether oxygens (including phenoxy) is 2. The fourth-order valence-electron chi connectivity index (χ4n) is 1.80. The number of esters is 1. The van der Waals surface area contributed by atoms with Gasteiger partial charge in [-0.3, -0.25) is 9.59 Å². The molecule has 2 aromatic carbocycles. The number of hydrogen-bond donors (Lipinski definition) is 0. The molecule has 0 atom stereocenters. The Morgan fingerprint density at radius 3 is 2.24 bits per heavy atom. The lowest BCUT2D eigenvalue weighted by molar-refractivity contribution is -0.143. The van der Waals surface area contributed by atoms with Crippen LogP contribution in [-0.2, 0) is 16.1 Å². The second kappa shape index (κ2) is 7.24. The maximum atomic E-state index is 11.9. The van der Waals surface area contributed by atoms with Crippen molar-refractivity contribution in [2.45, 2.75) is 13.0 Å². The molecule has 0 aromatic heterocycles. The number of carbonyl (C=O) groups is 2. The summed E-state index contributed by atoms with van der Waals surface area (Å²) in [5.41, 5.74) is 1.36. The summed E-state index contributed by atoms with van der Waals surface area (Å²) >= 11 is 0. The molecule has 2 aromatic rings. The predicted octanol–water partition coefficient (Wildman–Crippen LogP) is 3.01. The van der Waals surface area contributed by atoms with Crippen molar-refractivity contribution in [3.63, 3.8) is 0 Å². The molecule has 0 amide bonds. The minimum Gasteiger partial charge on any atom is -0.497 e. The zero-order valence-corrected chi connectivity index (χ0v) is 11.7. The van der Waals surface area contributed by atoms with Gasteiger partial charge in [-0.05, 0) is 29.8 Å². The van der Waals surface area contributed by atoms with Crippen molar-refractivity contribution in [2.75, 3.05) is 7.11 Å². The number of rotatable bonds is 6. The van der Waals surface area contributed by atoms with E-state index < -0.39 is 5.97 Å². The Labute approximate surface area is 123 Å². The van der Waals surface area contributed by atoms with Crippen LogP contribution in [0.15, 0.2) is 54.6 Å². The summed E-state index contributed by atoms with van der Waals surface area (Å²) in [5.74, 6) is -0.131. The summed E-state index contributed by atoms with van der Waals surface area (Å²) in [5, 5.41) is 0. The van der Waals surface area contributed by atoms with E-state index in [1.54, 1.807) is 31.4 Å². The van der Waals surface area contributed by atoms with Crippen LogP contribution in [0.2, 0.25) is 0 Å². The number of ketones is 1. The Bertz CT molecular complexity index is 602. The lowest BCUT2D eigenvalue weighted by atomic mass is 10.1. The van der Waals surface area contributed by atoms with E-state index in [1.165, 1.54) is 0 Å². The Hall–Kier alpha value is -2.62. The van der Waals surface area contributed by atoms with Crippen molar-refractivity contribution in [2.24, 2.45) is 0 Å². The molecule has 0 bridgehead atoms. The molecule has 0 aliphatic heterocycles. The van der Waals surface area contributed by atoms with Gasteiger partial charge in [0.15, 0.2) is 5.78 Å². The van der Waals surface area contributed by atoms with Crippen molar-refractivity contribution in [1.29, 1.82) is 0 Å². The quantitative estimate of drug-likeness (QED) is 0.465. The molecule has 0 heterocycles. The average molecular weight is 284 g/mol. The molecule has 2 rings (SSSR count). The monoisotopic (exact) mass is 284 g/mol. The van der Waals surface area contributed by atoms with E-state index in [4.69, 9.17) is 9.47 Å². The van der Waals surface area contributed by atoms with Gasteiger partial charge in [0.25, 0.3) is 0 Å². The summed E-state index contributed by atoms with van der Waals surface area (Å²) in [6.45, 7) is 0.176. The van der Waals surface area contributed by atoms with Crippen LogP contribution < -0.4 is 4.74 Å². The normalized spacial score (nSPS) is 9.95. The molecule has 0 aliphatic rings. The van der Waals surface area contributed by atoms with Gasteiger partial charge in [0, 0.05) is 5.56 Å². The van der Waals surface area contributed by atoms with Gasteiger partial charge in [-0.15, -0.1) is 0 Å². The fourth-order valence-corrected chi connectivity index (χ4v) is 1.80. The lowest BCUT2D eigenvalue weighted by Gasteiger charge is -2.05. The molecule has 0 saturated carbocycles. The molecule has 0 spiro atoms. The SMILES string of the molecule is COc1ccc(C(=O)CC(=O)OCc2ccccc2)cc1. The van der Waals surface area contributed by atoms with Crippen molar-refractivity contribution < 1.29 is 19.1 Å². The highest BCUT2D eigenvalue weighted by molar-refractivity contribution is 6.05. The first-order valence-electron chi connectivity index (χ1n) is 6.56. The van der Waals surface area contributed by atoms with Gasteiger partial charge < -0.3 is 9.47 Å². The van der Waals surface area contributed by atoms with Gasteiger partial charge in [0.05, 0.1) is 7.11 Å². The van der Waals surface area contributed by atoms with Crippen LogP contribution in [0, 0.1) is 0 Å². The Kier molecular flexibility index (Phi) is 5.10. The highest BCUT2D eigenvalue weighted by Crippen LogP contribution is 2.13. The predicted molar refractivity (Wildman–Crippen MR) is 78.2 cm³/mol. The van der Waals surface area contributed by atoms with Gasteiger partial charge in [-0.1, -0.05) is 30.3 Å². The number of methoxy groups -OCH3 is 1. The highest BCUT2D eigenvalue weighted by Gasteiger charge is 2.13. The van der Waals surface area contributed by atoms with Crippen molar-refractivity contribution >= 4 is 11.8 Å². The summed E-state index contributed by atoms with van der Waals surface area (Å²) in [4.78, 5) is 23.6. The van der Waals surface area contributed by atoms with Crippen LogP contribution in [0.4, 0.5) is 0 Å². The third-order valence-electron chi connectivity index (χ3n) is 2.96. The lowest BCUT2D eigenvalue weighted by Crippen LogP contribution is -2.11. The van der Waals surface area contributed by atoms with E-state index in [1.807, 2.05) is 30.3 Å². The molecule has 0 N–H and O–H groups in total. The zero-order chi connectivity index (χ0) is 15.1. The molecule has 0 fully saturated rings. The number of hydrogen-bond acceptors (Lipinski definition) is 4. The first-order valence-corrected chi connectivity index (χ1v) is 6.56. The number of carbonyl (C=O) groups excluding carboxylic acids is 2. The maximum Gasteiger partial charge on any atom is 0.314 e. The Morgan fingerprint density at radius 1 is 0.952 bits per heavy atom. The zero-order valence-electron chi connectivity index (χ0n) is 11.7.